The third kappa shape index (κ3) is 6.20. The quantitative estimate of drug-likeness (QED) is 0.338. The van der Waals surface area contributed by atoms with E-state index >= 15 is 0 Å². The summed E-state index contributed by atoms with van der Waals surface area (Å²) < 4.78 is 1.88. The maximum absolute atomic E-state index is 12.5. The third-order valence-corrected chi connectivity index (χ3v) is 7.19. The highest BCUT2D eigenvalue weighted by molar-refractivity contribution is 8.00. The van der Waals surface area contributed by atoms with Crippen molar-refractivity contribution >= 4 is 46.3 Å². The molecule has 0 unspecified atom stereocenters. The van der Waals surface area contributed by atoms with Crippen molar-refractivity contribution in [2.45, 2.75) is 61.9 Å². The number of hydrogen-bond acceptors (Lipinski definition) is 7. The van der Waals surface area contributed by atoms with Gasteiger partial charge in [0, 0.05) is 29.8 Å². The number of hydrogen-bond donors (Lipinski definition) is 1. The van der Waals surface area contributed by atoms with E-state index in [0.29, 0.717) is 24.8 Å². The van der Waals surface area contributed by atoms with Crippen molar-refractivity contribution in [1.82, 2.24) is 25.1 Å². The van der Waals surface area contributed by atoms with Crippen LogP contribution < -0.4 is 10.2 Å². The van der Waals surface area contributed by atoms with Gasteiger partial charge in [-0.1, -0.05) is 44.7 Å². The summed E-state index contributed by atoms with van der Waals surface area (Å²) in [7, 11) is 0. The molecule has 2 aromatic heterocycles. The Morgan fingerprint density at radius 1 is 1.15 bits per heavy atom. The summed E-state index contributed by atoms with van der Waals surface area (Å²) in [4.78, 5) is 25.6. The molecular formula is C24H32N6OS2. The molecule has 0 radical (unpaired) electrons. The minimum absolute atomic E-state index is 0.0188. The van der Waals surface area contributed by atoms with Crippen LogP contribution in [0.25, 0.3) is 11.0 Å². The van der Waals surface area contributed by atoms with Gasteiger partial charge in [0.05, 0.1) is 24.5 Å². The zero-order valence-electron chi connectivity index (χ0n) is 19.6. The van der Waals surface area contributed by atoms with E-state index in [1.165, 1.54) is 17.7 Å². The zero-order chi connectivity index (χ0) is 23.2. The molecule has 3 heterocycles. The lowest BCUT2D eigenvalue weighted by atomic mass is 10.1. The van der Waals surface area contributed by atoms with Crippen LogP contribution in [0.15, 0.2) is 40.5 Å². The first-order valence-electron chi connectivity index (χ1n) is 11.7. The maximum Gasteiger partial charge on any atom is 0.224 e. The van der Waals surface area contributed by atoms with Crippen LogP contribution in [-0.4, -0.2) is 56.3 Å². The first-order valence-corrected chi connectivity index (χ1v) is 13.5. The molecular weight excluding hydrogens is 452 g/mol. The van der Waals surface area contributed by atoms with E-state index in [0.717, 1.165) is 46.4 Å². The van der Waals surface area contributed by atoms with Gasteiger partial charge in [-0.2, -0.15) is 5.10 Å². The van der Waals surface area contributed by atoms with Crippen molar-refractivity contribution in [2.24, 2.45) is 0 Å². The topological polar surface area (TPSA) is 75.9 Å². The van der Waals surface area contributed by atoms with Gasteiger partial charge in [-0.25, -0.2) is 14.6 Å². The molecule has 176 valence electrons. The number of rotatable bonds is 10. The monoisotopic (exact) mass is 484 g/mol. The van der Waals surface area contributed by atoms with Gasteiger partial charge >= 0.3 is 0 Å². The number of fused-ring (bicyclic) bond motifs is 1. The molecule has 3 aromatic rings. The Labute approximate surface area is 204 Å². The summed E-state index contributed by atoms with van der Waals surface area (Å²) >= 11 is 3.47. The van der Waals surface area contributed by atoms with Gasteiger partial charge in [0.25, 0.3) is 0 Å². The molecule has 0 atom stereocenters. The highest BCUT2D eigenvalue weighted by Gasteiger charge is 2.20. The molecule has 0 spiro atoms. The number of benzene rings is 1. The van der Waals surface area contributed by atoms with Crippen molar-refractivity contribution < 1.29 is 4.79 Å². The summed E-state index contributed by atoms with van der Waals surface area (Å²) in [6.07, 6.45) is 4.63. The van der Waals surface area contributed by atoms with Gasteiger partial charge in [0.15, 0.2) is 10.8 Å². The predicted octanol–water partition coefficient (Wildman–Crippen LogP) is 4.40. The molecule has 4 rings (SSSR count). The second kappa shape index (κ2) is 11.2. The Kier molecular flexibility index (Phi) is 8.14. The van der Waals surface area contributed by atoms with Crippen LogP contribution in [0, 0.1) is 0 Å². The van der Waals surface area contributed by atoms with Crippen molar-refractivity contribution in [1.29, 1.82) is 0 Å². The molecule has 1 saturated heterocycles. The van der Waals surface area contributed by atoms with Gasteiger partial charge in [-0.05, 0) is 36.3 Å². The van der Waals surface area contributed by atoms with Gasteiger partial charge in [-0.15, -0.1) is 11.8 Å². The van der Waals surface area contributed by atoms with Crippen molar-refractivity contribution in [3.8, 4) is 0 Å². The highest BCUT2D eigenvalue weighted by atomic mass is 32.2. The maximum atomic E-state index is 12.5. The van der Waals surface area contributed by atoms with E-state index in [4.69, 9.17) is 9.97 Å². The number of thioether (sulfide) groups is 2. The first kappa shape index (κ1) is 23.9. The molecule has 1 amide bonds. The van der Waals surface area contributed by atoms with Crippen LogP contribution >= 0.6 is 23.5 Å². The minimum Gasteiger partial charge on any atom is -0.356 e. The van der Waals surface area contributed by atoms with Crippen molar-refractivity contribution in [2.75, 3.05) is 30.3 Å². The van der Waals surface area contributed by atoms with E-state index in [9.17, 15) is 4.79 Å². The average Bonchev–Trinajstić information content (AvgIpc) is 3.45. The SMILES string of the molecule is CCSc1nc(N2CCCC2)c2cnn(CCNC(=O)Cc3ccc(SC(C)C)cc3)c2n1. The Hall–Kier alpha value is -2.26. The number of nitrogens with one attached hydrogen (secondary N) is 1. The number of carbonyl (C=O) groups excluding carboxylic acids is 1. The fraction of sp³-hybridized carbons (Fsp3) is 0.500. The third-order valence-electron chi connectivity index (χ3n) is 5.44. The first-order chi connectivity index (χ1) is 16.0. The van der Waals surface area contributed by atoms with Gasteiger partial charge in [0.1, 0.15) is 5.82 Å². The number of nitrogens with zero attached hydrogens (tertiary/aromatic N) is 5. The summed E-state index contributed by atoms with van der Waals surface area (Å²) in [5.41, 5.74) is 1.87. The van der Waals surface area contributed by atoms with E-state index in [-0.39, 0.29) is 5.91 Å². The van der Waals surface area contributed by atoms with Crippen LogP contribution in [0.3, 0.4) is 0 Å². The molecule has 1 aliphatic heterocycles. The van der Waals surface area contributed by atoms with Crippen LogP contribution in [-0.2, 0) is 17.8 Å². The lowest BCUT2D eigenvalue weighted by Crippen LogP contribution is -2.29. The predicted molar refractivity (Wildman–Crippen MR) is 137 cm³/mol. The molecule has 0 saturated carbocycles. The smallest absolute Gasteiger partial charge is 0.224 e. The van der Waals surface area contributed by atoms with Crippen LogP contribution in [0.2, 0.25) is 0 Å². The standard InChI is InChI=1S/C24H32N6OS2/c1-4-32-24-27-22(29-12-5-6-13-29)20-16-26-30(23(20)28-24)14-11-25-21(31)15-18-7-9-19(10-8-18)33-17(2)3/h7-10,16-17H,4-6,11-15H2,1-3H3,(H,25,31). The van der Waals surface area contributed by atoms with Crippen molar-refractivity contribution in [3.63, 3.8) is 0 Å². The largest absolute Gasteiger partial charge is 0.356 e. The molecule has 1 aromatic carbocycles. The molecule has 7 nitrogen and oxygen atoms in total. The number of anilines is 1. The van der Waals surface area contributed by atoms with Crippen molar-refractivity contribution in [3.05, 3.63) is 36.0 Å². The molecule has 9 heteroatoms. The van der Waals surface area contributed by atoms with Crippen LogP contribution in [0.4, 0.5) is 5.82 Å². The lowest BCUT2D eigenvalue weighted by Gasteiger charge is -2.17. The second-order valence-corrected chi connectivity index (χ2v) is 11.3. The minimum atomic E-state index is 0.0188. The van der Waals surface area contributed by atoms with E-state index in [1.54, 1.807) is 11.8 Å². The Morgan fingerprint density at radius 3 is 2.61 bits per heavy atom. The molecule has 0 aliphatic carbocycles. The highest BCUT2D eigenvalue weighted by Crippen LogP contribution is 2.29. The van der Waals surface area contributed by atoms with Crippen LogP contribution in [0.5, 0.6) is 0 Å². The molecule has 0 bridgehead atoms. The van der Waals surface area contributed by atoms with E-state index < -0.39 is 0 Å². The van der Waals surface area contributed by atoms with Crippen LogP contribution in [0.1, 0.15) is 39.2 Å². The fourth-order valence-corrected chi connectivity index (χ4v) is 5.35. The van der Waals surface area contributed by atoms with Gasteiger partial charge in [-0.3, -0.25) is 4.79 Å². The molecule has 1 fully saturated rings. The fourth-order valence-electron chi connectivity index (χ4n) is 3.96. The summed E-state index contributed by atoms with van der Waals surface area (Å²) in [6.45, 7) is 9.61. The van der Waals surface area contributed by atoms with E-state index in [1.807, 2.05) is 34.8 Å². The summed E-state index contributed by atoms with van der Waals surface area (Å²) in [6, 6.07) is 8.25. The molecule has 33 heavy (non-hydrogen) atoms. The Balaban J connectivity index is 1.38. The van der Waals surface area contributed by atoms with E-state index in [2.05, 4.69) is 48.2 Å². The summed E-state index contributed by atoms with van der Waals surface area (Å²) in [5, 5.41) is 9.92. The number of amides is 1. The average molecular weight is 485 g/mol. The zero-order valence-corrected chi connectivity index (χ0v) is 21.2. The Morgan fingerprint density at radius 2 is 1.91 bits per heavy atom. The van der Waals surface area contributed by atoms with Gasteiger partial charge < -0.3 is 10.2 Å². The number of aromatic nitrogens is 4. The summed E-state index contributed by atoms with van der Waals surface area (Å²) in [5.74, 6) is 1.93. The lowest BCUT2D eigenvalue weighted by molar-refractivity contribution is -0.120. The Bertz CT molecular complexity index is 1080. The second-order valence-electron chi connectivity index (χ2n) is 8.40. The molecule has 1 aliphatic rings. The van der Waals surface area contributed by atoms with Gasteiger partial charge in [0.2, 0.25) is 5.91 Å². The normalized spacial score (nSPS) is 13.9. The molecule has 1 N–H and O–H groups in total. The number of carbonyl (C=O) groups is 1.